The van der Waals surface area contributed by atoms with Crippen LogP contribution in [0.4, 0.5) is 0 Å². The fraction of sp³-hybridized carbons (Fsp3) is 0. The van der Waals surface area contributed by atoms with E-state index in [1.54, 1.807) is 24.3 Å². The molecule has 0 fully saturated rings. The Kier molecular flexibility index (Phi) is 7.00. The molecule has 1 aromatic rings. The summed E-state index contributed by atoms with van der Waals surface area (Å²) >= 11 is 0. The highest BCUT2D eigenvalue weighted by Gasteiger charge is 1.74. The van der Waals surface area contributed by atoms with E-state index in [4.69, 9.17) is 5.11 Å². The predicted molar refractivity (Wildman–Crippen MR) is 50.8 cm³/mol. The molecule has 0 heterocycles. The van der Waals surface area contributed by atoms with Gasteiger partial charge in [0.25, 0.3) is 0 Å². The van der Waals surface area contributed by atoms with Gasteiger partial charge in [0, 0.05) is 0 Å². The topological polar surface area (TPSA) is 20.2 Å². The van der Waals surface area contributed by atoms with E-state index in [9.17, 15) is 0 Å². The van der Waals surface area contributed by atoms with Crippen LogP contribution in [0.1, 0.15) is 0 Å². The first-order valence-electron chi connectivity index (χ1n) is 2.13. The monoisotopic (exact) mass is 158 g/mol. The Morgan fingerprint density at radius 3 is 1.56 bits per heavy atom. The van der Waals surface area contributed by atoms with Crippen molar-refractivity contribution in [3.05, 3.63) is 30.3 Å². The zero-order valence-corrected chi connectivity index (χ0v) is 3.83. The third-order valence-electron chi connectivity index (χ3n) is 0.756. The van der Waals surface area contributed by atoms with Crippen LogP contribution in [0.2, 0.25) is 0 Å². The molecule has 1 N–H and O–H groups in total. The Morgan fingerprint density at radius 1 is 0.889 bits per heavy atom. The second-order valence-electron chi connectivity index (χ2n) is 1.34. The smallest absolute Gasteiger partial charge is 0.115 e. The molecule has 0 aromatic heterocycles. The van der Waals surface area contributed by atoms with Crippen LogP contribution in [0.15, 0.2) is 30.3 Å². The van der Waals surface area contributed by atoms with Crippen LogP contribution in [0.25, 0.3) is 0 Å². The van der Waals surface area contributed by atoms with Crippen LogP contribution in [0.5, 0.6) is 5.75 Å². The normalized spacial score (nSPS) is 6.67. The first-order valence-corrected chi connectivity index (χ1v) is 2.13. The van der Waals surface area contributed by atoms with Crippen LogP contribution in [0, 0.1) is 0 Å². The maximum Gasteiger partial charge on any atom is 0.115 e. The van der Waals surface area contributed by atoms with Crippen LogP contribution in [0.3, 0.4) is 0 Å². The SMILES string of the molecule is Oc1ccccc1.[SiH4].[SiH4]. The molecule has 1 rings (SSSR count). The summed E-state index contributed by atoms with van der Waals surface area (Å²) in [5.41, 5.74) is 0. The predicted octanol–water partition coefficient (Wildman–Crippen LogP) is -1.51. The second-order valence-corrected chi connectivity index (χ2v) is 1.34. The van der Waals surface area contributed by atoms with E-state index in [-0.39, 0.29) is 21.9 Å². The van der Waals surface area contributed by atoms with E-state index in [0.29, 0.717) is 5.75 Å². The standard InChI is InChI=1S/C6H6O.2H4Si/c7-6-4-2-1-3-5-6;;/h1-5,7H;2*1H4. The van der Waals surface area contributed by atoms with Gasteiger partial charge in [-0.25, -0.2) is 0 Å². The van der Waals surface area contributed by atoms with Crippen LogP contribution in [-0.4, -0.2) is 27.0 Å². The average Bonchev–Trinajstić information content (AvgIpc) is 1.69. The maximum atomic E-state index is 8.63. The summed E-state index contributed by atoms with van der Waals surface area (Å²) in [5, 5.41) is 8.63. The highest BCUT2D eigenvalue weighted by Crippen LogP contribution is 2.02. The van der Waals surface area contributed by atoms with Gasteiger partial charge in [0.1, 0.15) is 5.75 Å². The molecule has 52 valence electrons. The summed E-state index contributed by atoms with van der Waals surface area (Å²) in [4.78, 5) is 0. The zero-order chi connectivity index (χ0) is 5.11. The van der Waals surface area contributed by atoms with Crippen molar-refractivity contribution in [2.75, 3.05) is 0 Å². The maximum absolute atomic E-state index is 8.63. The third-order valence-corrected chi connectivity index (χ3v) is 0.756. The van der Waals surface area contributed by atoms with Crippen molar-refractivity contribution in [1.82, 2.24) is 0 Å². The largest absolute Gasteiger partial charge is 0.508 e. The Balaban J connectivity index is 0. The number of benzene rings is 1. The van der Waals surface area contributed by atoms with Gasteiger partial charge < -0.3 is 5.11 Å². The highest BCUT2D eigenvalue weighted by atomic mass is 28.1. The Labute approximate surface area is 63.8 Å². The Bertz CT molecular complexity index is 141. The summed E-state index contributed by atoms with van der Waals surface area (Å²) in [6.07, 6.45) is 0. The minimum atomic E-state index is 0. The van der Waals surface area contributed by atoms with Gasteiger partial charge >= 0.3 is 0 Å². The lowest BCUT2D eigenvalue weighted by Gasteiger charge is -1.82. The van der Waals surface area contributed by atoms with Crippen LogP contribution >= 0.6 is 0 Å². The number of phenolic OH excluding ortho intramolecular Hbond substituents is 1. The zero-order valence-electron chi connectivity index (χ0n) is 3.83. The van der Waals surface area contributed by atoms with Crippen molar-refractivity contribution >= 4 is 21.9 Å². The van der Waals surface area contributed by atoms with Gasteiger partial charge in [0.2, 0.25) is 0 Å². The molecule has 0 atom stereocenters. The molecule has 0 aliphatic carbocycles. The van der Waals surface area contributed by atoms with Gasteiger partial charge in [-0.2, -0.15) is 0 Å². The molecule has 0 radical (unpaired) electrons. The lowest BCUT2D eigenvalue weighted by molar-refractivity contribution is 0.475. The van der Waals surface area contributed by atoms with Gasteiger partial charge in [0.05, 0.1) is 0 Å². The number of hydrogen-bond acceptors (Lipinski definition) is 1. The van der Waals surface area contributed by atoms with E-state index in [1.807, 2.05) is 6.07 Å². The van der Waals surface area contributed by atoms with Crippen LogP contribution < -0.4 is 0 Å². The molecule has 0 amide bonds. The van der Waals surface area contributed by atoms with Crippen molar-refractivity contribution in [3.8, 4) is 5.75 Å². The Morgan fingerprint density at radius 2 is 1.33 bits per heavy atom. The molecule has 1 nitrogen and oxygen atoms in total. The first-order chi connectivity index (χ1) is 3.39. The van der Waals surface area contributed by atoms with E-state index in [0.717, 1.165) is 0 Å². The molecule has 0 saturated heterocycles. The summed E-state index contributed by atoms with van der Waals surface area (Å²) in [6.45, 7) is 0. The van der Waals surface area contributed by atoms with Crippen molar-refractivity contribution in [3.63, 3.8) is 0 Å². The summed E-state index contributed by atoms with van der Waals surface area (Å²) in [7, 11) is 0. The van der Waals surface area contributed by atoms with E-state index >= 15 is 0 Å². The molecule has 0 aliphatic heterocycles. The Hall–Kier alpha value is -0.546. The number of aromatic hydroxyl groups is 1. The molecule has 0 aliphatic rings. The average molecular weight is 158 g/mol. The van der Waals surface area contributed by atoms with Crippen molar-refractivity contribution in [1.29, 1.82) is 0 Å². The molecule has 9 heavy (non-hydrogen) atoms. The summed E-state index contributed by atoms with van der Waals surface area (Å²) in [5.74, 6) is 0.322. The second kappa shape index (κ2) is 5.59. The summed E-state index contributed by atoms with van der Waals surface area (Å²) < 4.78 is 0. The number of hydrogen-bond donors (Lipinski definition) is 1. The fourth-order valence-corrected chi connectivity index (χ4v) is 0.428. The molecule has 0 saturated carbocycles. The summed E-state index contributed by atoms with van der Waals surface area (Å²) in [6, 6.07) is 8.71. The lowest BCUT2D eigenvalue weighted by atomic mass is 10.3. The van der Waals surface area contributed by atoms with Crippen LogP contribution in [-0.2, 0) is 0 Å². The molecule has 0 spiro atoms. The lowest BCUT2D eigenvalue weighted by Crippen LogP contribution is -1.56. The van der Waals surface area contributed by atoms with E-state index in [1.165, 1.54) is 0 Å². The van der Waals surface area contributed by atoms with Gasteiger partial charge in [-0.3, -0.25) is 0 Å². The fourth-order valence-electron chi connectivity index (χ4n) is 0.428. The van der Waals surface area contributed by atoms with Crippen molar-refractivity contribution in [2.45, 2.75) is 0 Å². The van der Waals surface area contributed by atoms with Gasteiger partial charge in [0.15, 0.2) is 0 Å². The number of rotatable bonds is 0. The minimum absolute atomic E-state index is 0. The van der Waals surface area contributed by atoms with Gasteiger partial charge in [-0.05, 0) is 34.1 Å². The number of phenols is 1. The first kappa shape index (κ1) is 11.3. The molecular weight excluding hydrogens is 144 g/mol. The van der Waals surface area contributed by atoms with Gasteiger partial charge in [-0.1, -0.05) is 18.2 Å². The van der Waals surface area contributed by atoms with E-state index < -0.39 is 0 Å². The molecule has 0 bridgehead atoms. The van der Waals surface area contributed by atoms with Crippen molar-refractivity contribution in [2.24, 2.45) is 0 Å². The van der Waals surface area contributed by atoms with Crippen molar-refractivity contribution < 1.29 is 5.11 Å². The molecule has 1 aromatic carbocycles. The molecule has 3 heteroatoms. The third kappa shape index (κ3) is 3.99. The van der Waals surface area contributed by atoms with E-state index in [2.05, 4.69) is 0 Å². The quantitative estimate of drug-likeness (QED) is 0.455. The molecular formula is C6H14OSi2. The highest BCUT2D eigenvalue weighted by molar-refractivity contribution is 5.76. The van der Waals surface area contributed by atoms with Gasteiger partial charge in [-0.15, -0.1) is 0 Å². The number of para-hydroxylation sites is 1. The minimum Gasteiger partial charge on any atom is -0.508 e. The molecule has 0 unspecified atom stereocenters.